The van der Waals surface area contributed by atoms with Crippen LogP contribution in [-0.2, 0) is 26.1 Å². The SMILES string of the molecule is Cc1cccc(CN2CCO[C@H]3CN(S(C)(=O)=O)CC[C@H]3C2=O)n1. The van der Waals surface area contributed by atoms with Gasteiger partial charge >= 0.3 is 0 Å². The predicted octanol–water partition coefficient (Wildman–Crippen LogP) is 0.399. The van der Waals surface area contributed by atoms with Crippen molar-refractivity contribution in [1.82, 2.24) is 14.2 Å². The molecular weight excluding hydrogens is 330 g/mol. The van der Waals surface area contributed by atoms with Crippen LogP contribution in [0.1, 0.15) is 17.8 Å². The van der Waals surface area contributed by atoms with Gasteiger partial charge in [0.05, 0.1) is 37.1 Å². The molecule has 1 aromatic rings. The number of pyridine rings is 1. The van der Waals surface area contributed by atoms with Crippen molar-refractivity contribution in [3.63, 3.8) is 0 Å². The van der Waals surface area contributed by atoms with E-state index >= 15 is 0 Å². The number of fused-ring (bicyclic) bond motifs is 1. The maximum atomic E-state index is 12.9. The van der Waals surface area contributed by atoms with Gasteiger partial charge in [0.25, 0.3) is 0 Å². The Balaban J connectivity index is 1.72. The molecule has 24 heavy (non-hydrogen) atoms. The molecular formula is C16H23N3O4S. The highest BCUT2D eigenvalue weighted by molar-refractivity contribution is 7.88. The molecule has 0 unspecified atom stereocenters. The summed E-state index contributed by atoms with van der Waals surface area (Å²) in [6.45, 7) is 3.92. The molecule has 1 aromatic heterocycles. The van der Waals surface area contributed by atoms with Gasteiger partial charge in [-0.2, -0.15) is 4.31 Å². The highest BCUT2D eigenvalue weighted by atomic mass is 32.2. The average molecular weight is 353 g/mol. The van der Waals surface area contributed by atoms with Gasteiger partial charge in [-0.3, -0.25) is 9.78 Å². The monoisotopic (exact) mass is 353 g/mol. The molecule has 0 aromatic carbocycles. The minimum atomic E-state index is -3.25. The minimum Gasteiger partial charge on any atom is -0.374 e. The summed E-state index contributed by atoms with van der Waals surface area (Å²) in [4.78, 5) is 19.1. The molecule has 0 saturated carbocycles. The summed E-state index contributed by atoms with van der Waals surface area (Å²) in [5, 5.41) is 0. The predicted molar refractivity (Wildman–Crippen MR) is 88.7 cm³/mol. The number of amides is 1. The van der Waals surface area contributed by atoms with Crippen LogP contribution in [0, 0.1) is 12.8 Å². The zero-order chi connectivity index (χ0) is 17.3. The van der Waals surface area contributed by atoms with Crippen LogP contribution in [0.2, 0.25) is 0 Å². The number of sulfonamides is 1. The fourth-order valence-electron chi connectivity index (χ4n) is 3.34. The minimum absolute atomic E-state index is 0.0361. The molecule has 0 spiro atoms. The average Bonchev–Trinajstić information content (AvgIpc) is 2.66. The van der Waals surface area contributed by atoms with Gasteiger partial charge in [0.2, 0.25) is 15.9 Å². The molecule has 2 atom stereocenters. The van der Waals surface area contributed by atoms with Crippen LogP contribution in [0.5, 0.6) is 0 Å². The third-order valence-corrected chi connectivity index (χ3v) is 5.88. The number of nitrogens with zero attached hydrogens (tertiary/aromatic N) is 3. The standard InChI is InChI=1S/C16H23N3O4S/c1-12-4-3-5-13(17-12)10-18-8-9-23-15-11-19(24(2,21)22)7-6-14(15)16(18)20/h3-5,14-15H,6-11H2,1-2H3/t14-,15+/m1/s1. The largest absolute Gasteiger partial charge is 0.374 e. The van der Waals surface area contributed by atoms with Crippen LogP contribution in [0.15, 0.2) is 18.2 Å². The molecule has 3 heterocycles. The van der Waals surface area contributed by atoms with Crippen molar-refractivity contribution in [2.75, 3.05) is 32.5 Å². The van der Waals surface area contributed by atoms with Gasteiger partial charge in [0.1, 0.15) is 0 Å². The number of ether oxygens (including phenoxy) is 1. The Morgan fingerprint density at radius 1 is 1.33 bits per heavy atom. The van der Waals surface area contributed by atoms with Crippen molar-refractivity contribution in [2.24, 2.45) is 5.92 Å². The first-order chi connectivity index (χ1) is 11.3. The number of hydrogen-bond acceptors (Lipinski definition) is 5. The van der Waals surface area contributed by atoms with Crippen molar-refractivity contribution in [3.05, 3.63) is 29.6 Å². The van der Waals surface area contributed by atoms with Crippen LogP contribution in [0.25, 0.3) is 0 Å². The summed E-state index contributed by atoms with van der Waals surface area (Å²) in [7, 11) is -3.25. The van der Waals surface area contributed by atoms with E-state index in [0.29, 0.717) is 32.7 Å². The lowest BCUT2D eigenvalue weighted by molar-refractivity contribution is -0.138. The second-order valence-electron chi connectivity index (χ2n) is 6.46. The van der Waals surface area contributed by atoms with Crippen LogP contribution in [0.3, 0.4) is 0 Å². The van der Waals surface area contributed by atoms with E-state index in [1.807, 2.05) is 25.1 Å². The van der Waals surface area contributed by atoms with E-state index in [2.05, 4.69) is 4.98 Å². The topological polar surface area (TPSA) is 79.8 Å². The van der Waals surface area contributed by atoms with E-state index in [1.165, 1.54) is 10.6 Å². The molecule has 0 bridgehead atoms. The molecule has 1 amide bonds. The lowest BCUT2D eigenvalue weighted by Crippen LogP contribution is -2.50. The highest BCUT2D eigenvalue weighted by Gasteiger charge is 2.41. The smallest absolute Gasteiger partial charge is 0.228 e. The number of carbonyl (C=O) groups is 1. The molecule has 8 heteroatoms. The molecule has 2 fully saturated rings. The number of aromatic nitrogens is 1. The van der Waals surface area contributed by atoms with Gasteiger partial charge in [-0.15, -0.1) is 0 Å². The van der Waals surface area contributed by atoms with Crippen LogP contribution >= 0.6 is 0 Å². The number of rotatable bonds is 3. The van der Waals surface area contributed by atoms with Crippen LogP contribution in [-0.4, -0.2) is 67.1 Å². The van der Waals surface area contributed by atoms with E-state index in [4.69, 9.17) is 4.74 Å². The second kappa shape index (κ2) is 6.78. The third kappa shape index (κ3) is 3.76. The molecule has 7 nitrogen and oxygen atoms in total. The van der Waals surface area contributed by atoms with Crippen molar-refractivity contribution in [3.8, 4) is 0 Å². The fraction of sp³-hybridized carbons (Fsp3) is 0.625. The van der Waals surface area contributed by atoms with Gasteiger partial charge in [-0.25, -0.2) is 8.42 Å². The quantitative estimate of drug-likeness (QED) is 0.786. The van der Waals surface area contributed by atoms with Crippen LogP contribution in [0.4, 0.5) is 0 Å². The summed E-state index contributed by atoms with van der Waals surface area (Å²) < 4.78 is 30.7. The van der Waals surface area contributed by atoms with E-state index in [-0.39, 0.29) is 24.5 Å². The Morgan fingerprint density at radius 3 is 2.83 bits per heavy atom. The van der Waals surface area contributed by atoms with Gasteiger partial charge < -0.3 is 9.64 Å². The van der Waals surface area contributed by atoms with Gasteiger partial charge in [0, 0.05) is 25.3 Å². The normalized spacial score (nSPS) is 26.1. The molecule has 132 valence electrons. The number of carbonyl (C=O) groups excluding carboxylic acids is 1. The first-order valence-electron chi connectivity index (χ1n) is 8.12. The zero-order valence-corrected chi connectivity index (χ0v) is 14.8. The lowest BCUT2D eigenvalue weighted by atomic mass is 9.93. The summed E-state index contributed by atoms with van der Waals surface area (Å²) in [6, 6.07) is 5.77. The number of hydrogen-bond donors (Lipinski definition) is 0. The second-order valence-corrected chi connectivity index (χ2v) is 8.44. The Hall–Kier alpha value is -1.51. The maximum Gasteiger partial charge on any atom is 0.228 e. The molecule has 2 saturated heterocycles. The Labute approximate surface area is 142 Å². The summed E-state index contributed by atoms with van der Waals surface area (Å²) in [5.41, 5.74) is 1.78. The molecule has 0 N–H and O–H groups in total. The summed E-state index contributed by atoms with van der Waals surface area (Å²) in [6.07, 6.45) is 1.33. The molecule has 0 aliphatic carbocycles. The zero-order valence-electron chi connectivity index (χ0n) is 14.0. The lowest BCUT2D eigenvalue weighted by Gasteiger charge is -2.35. The molecule has 3 rings (SSSR count). The van der Waals surface area contributed by atoms with Gasteiger partial charge in [-0.1, -0.05) is 6.07 Å². The molecule has 0 radical (unpaired) electrons. The van der Waals surface area contributed by atoms with E-state index in [1.54, 1.807) is 4.90 Å². The van der Waals surface area contributed by atoms with Gasteiger partial charge in [-0.05, 0) is 25.5 Å². The van der Waals surface area contributed by atoms with E-state index in [9.17, 15) is 13.2 Å². The first kappa shape index (κ1) is 17.3. The summed E-state index contributed by atoms with van der Waals surface area (Å²) in [5.74, 6) is -0.246. The Bertz CT molecular complexity index is 722. The number of aryl methyl sites for hydroxylation is 1. The van der Waals surface area contributed by atoms with E-state index in [0.717, 1.165) is 11.4 Å². The summed E-state index contributed by atoms with van der Waals surface area (Å²) >= 11 is 0. The molecule has 2 aliphatic rings. The maximum absolute atomic E-state index is 12.9. The Morgan fingerprint density at radius 2 is 2.12 bits per heavy atom. The van der Waals surface area contributed by atoms with Crippen LogP contribution < -0.4 is 0 Å². The van der Waals surface area contributed by atoms with Crippen molar-refractivity contribution < 1.29 is 17.9 Å². The van der Waals surface area contributed by atoms with Crippen molar-refractivity contribution in [1.29, 1.82) is 0 Å². The Kier molecular flexibility index (Phi) is 4.89. The van der Waals surface area contributed by atoms with Gasteiger partial charge in [0.15, 0.2) is 0 Å². The third-order valence-electron chi connectivity index (χ3n) is 4.61. The number of piperidine rings is 1. The molecule has 2 aliphatic heterocycles. The first-order valence-corrected chi connectivity index (χ1v) is 9.97. The van der Waals surface area contributed by atoms with E-state index < -0.39 is 10.0 Å². The highest BCUT2D eigenvalue weighted by Crippen LogP contribution is 2.27. The van der Waals surface area contributed by atoms with Crippen molar-refractivity contribution in [2.45, 2.75) is 26.0 Å². The fourth-order valence-corrected chi connectivity index (χ4v) is 4.19. The van der Waals surface area contributed by atoms with Crippen molar-refractivity contribution >= 4 is 15.9 Å².